The van der Waals surface area contributed by atoms with Gasteiger partial charge < -0.3 is 15.2 Å². The monoisotopic (exact) mass is 466 g/mol. The molecule has 0 atom stereocenters. The fourth-order valence-electron chi connectivity index (χ4n) is 2.87. The summed E-state index contributed by atoms with van der Waals surface area (Å²) in [6, 6.07) is 13.4. The molecule has 4 rings (SSSR count). The molecule has 0 aliphatic carbocycles. The van der Waals surface area contributed by atoms with Crippen molar-refractivity contribution >= 4 is 21.6 Å². The molecule has 0 fully saturated rings. The number of hydrogen-bond donors (Lipinski definition) is 2. The van der Waals surface area contributed by atoms with Crippen LogP contribution < -0.4 is 19.9 Å². The number of aromatic nitrogens is 4. The van der Waals surface area contributed by atoms with Crippen molar-refractivity contribution in [1.29, 1.82) is 0 Å². The molecule has 0 unspecified atom stereocenters. The summed E-state index contributed by atoms with van der Waals surface area (Å²) >= 11 is 0. The average Bonchev–Trinajstić information content (AvgIpc) is 3.35. The molecule has 11 nitrogen and oxygen atoms in total. The number of nitrogens with one attached hydrogen (secondary N) is 1. The minimum atomic E-state index is -3.98. The first-order chi connectivity index (χ1) is 15.9. The summed E-state index contributed by atoms with van der Waals surface area (Å²) in [6.45, 7) is 0. The molecular formula is C21H18N6O5S. The maximum Gasteiger partial charge on any atom is 0.261 e. The molecule has 12 heteroatoms. The molecule has 0 bridgehead atoms. The van der Waals surface area contributed by atoms with Crippen molar-refractivity contribution in [3.05, 3.63) is 78.9 Å². The van der Waals surface area contributed by atoms with Crippen LogP contribution in [-0.2, 0) is 10.0 Å². The number of rotatable bonds is 8. The Hall–Kier alpha value is -4.45. The van der Waals surface area contributed by atoms with Crippen LogP contribution in [0.15, 0.2) is 78.2 Å². The van der Waals surface area contributed by atoms with Crippen LogP contribution in [0.4, 0.5) is 5.69 Å². The Morgan fingerprint density at radius 2 is 1.85 bits per heavy atom. The van der Waals surface area contributed by atoms with Gasteiger partial charge in [-0.3, -0.25) is 14.1 Å². The predicted molar refractivity (Wildman–Crippen MR) is 118 cm³/mol. The van der Waals surface area contributed by atoms with Crippen LogP contribution in [0.1, 0.15) is 10.4 Å². The number of methoxy groups -OCH3 is 1. The van der Waals surface area contributed by atoms with Gasteiger partial charge >= 0.3 is 0 Å². The van der Waals surface area contributed by atoms with Crippen LogP contribution in [-0.4, -0.2) is 41.2 Å². The maximum absolute atomic E-state index is 12.7. The first kappa shape index (κ1) is 21.8. The molecular weight excluding hydrogens is 448 g/mol. The zero-order valence-electron chi connectivity index (χ0n) is 17.2. The molecule has 2 heterocycles. The molecule has 2 aromatic heterocycles. The van der Waals surface area contributed by atoms with Crippen molar-refractivity contribution in [3.8, 4) is 23.2 Å². The molecule has 0 spiro atoms. The van der Waals surface area contributed by atoms with Crippen LogP contribution in [0.5, 0.6) is 17.4 Å². The highest BCUT2D eigenvalue weighted by Crippen LogP contribution is 2.26. The van der Waals surface area contributed by atoms with Gasteiger partial charge in [0.15, 0.2) is 5.82 Å². The van der Waals surface area contributed by atoms with E-state index in [0.717, 1.165) is 6.07 Å². The van der Waals surface area contributed by atoms with Gasteiger partial charge in [0.1, 0.15) is 17.8 Å². The van der Waals surface area contributed by atoms with Crippen LogP contribution >= 0.6 is 0 Å². The first-order valence-corrected chi connectivity index (χ1v) is 10.9. The van der Waals surface area contributed by atoms with E-state index in [9.17, 15) is 13.2 Å². The van der Waals surface area contributed by atoms with Crippen molar-refractivity contribution in [2.45, 2.75) is 4.90 Å². The number of imidazole rings is 1. The van der Waals surface area contributed by atoms with Crippen LogP contribution in [0, 0.1) is 0 Å². The SMILES string of the molecule is COc1ccc(S(=O)(=O)Nc2ccc(Oc3ccc(-n4ccnc4)nn3)cc2)cc1C(N)=O. The molecule has 2 aromatic carbocycles. The van der Waals surface area contributed by atoms with Crippen LogP contribution in [0.25, 0.3) is 5.82 Å². The van der Waals surface area contributed by atoms with Crippen molar-refractivity contribution in [3.63, 3.8) is 0 Å². The number of nitrogens with zero attached hydrogens (tertiary/aromatic N) is 4. The molecule has 33 heavy (non-hydrogen) atoms. The quantitative estimate of drug-likeness (QED) is 0.401. The van der Waals surface area contributed by atoms with E-state index in [0.29, 0.717) is 17.3 Å². The number of carbonyl (C=O) groups is 1. The van der Waals surface area contributed by atoms with Gasteiger partial charge in [-0.15, -0.1) is 10.2 Å². The number of ether oxygens (including phenoxy) is 2. The van der Waals surface area contributed by atoms with E-state index in [1.165, 1.54) is 31.4 Å². The van der Waals surface area contributed by atoms with E-state index in [1.54, 1.807) is 47.6 Å². The Bertz CT molecular complexity index is 1370. The van der Waals surface area contributed by atoms with Crippen molar-refractivity contribution in [2.24, 2.45) is 5.73 Å². The maximum atomic E-state index is 12.7. The number of carbonyl (C=O) groups excluding carboxylic acids is 1. The summed E-state index contributed by atoms with van der Waals surface area (Å²) in [6.07, 6.45) is 4.98. The van der Waals surface area contributed by atoms with Crippen LogP contribution in [0.2, 0.25) is 0 Å². The Morgan fingerprint density at radius 1 is 1.06 bits per heavy atom. The third-order valence-electron chi connectivity index (χ3n) is 4.47. The highest BCUT2D eigenvalue weighted by molar-refractivity contribution is 7.92. The van der Waals surface area contributed by atoms with Gasteiger partial charge in [0.2, 0.25) is 5.88 Å². The molecule has 168 valence electrons. The second-order valence-corrected chi connectivity index (χ2v) is 8.34. The van der Waals surface area contributed by atoms with Gasteiger partial charge in [-0.1, -0.05) is 0 Å². The molecule has 1 amide bonds. The first-order valence-electron chi connectivity index (χ1n) is 9.46. The molecule has 0 aliphatic heterocycles. The van der Waals surface area contributed by atoms with Crippen LogP contribution in [0.3, 0.4) is 0 Å². The van der Waals surface area contributed by atoms with E-state index in [-0.39, 0.29) is 22.1 Å². The number of amides is 1. The number of primary amides is 1. The van der Waals surface area contributed by atoms with Gasteiger partial charge in [-0.25, -0.2) is 13.4 Å². The molecule has 4 aromatic rings. The third-order valence-corrected chi connectivity index (χ3v) is 5.85. The van der Waals surface area contributed by atoms with Gasteiger partial charge in [-0.2, -0.15) is 0 Å². The smallest absolute Gasteiger partial charge is 0.261 e. The molecule has 0 saturated carbocycles. The zero-order chi connectivity index (χ0) is 23.4. The van der Waals surface area contributed by atoms with E-state index in [1.807, 2.05) is 0 Å². The summed E-state index contributed by atoms with van der Waals surface area (Å²) in [7, 11) is -2.62. The second kappa shape index (κ2) is 8.96. The van der Waals surface area contributed by atoms with Gasteiger partial charge in [0.05, 0.1) is 17.6 Å². The fraction of sp³-hybridized carbons (Fsp3) is 0.0476. The summed E-state index contributed by atoms with van der Waals surface area (Å²) in [5, 5.41) is 8.07. The summed E-state index contributed by atoms with van der Waals surface area (Å²) in [5.74, 6) is 0.672. The number of hydrogen-bond acceptors (Lipinski definition) is 8. The topological polar surface area (TPSA) is 151 Å². The average molecular weight is 466 g/mol. The number of anilines is 1. The lowest BCUT2D eigenvalue weighted by Gasteiger charge is -2.11. The number of benzene rings is 2. The standard InChI is InChI=1S/C21H18N6O5S/c1-31-18-7-6-16(12-17(18)21(22)28)33(29,30)26-14-2-4-15(5-3-14)32-20-9-8-19(24-25-20)27-11-10-23-13-27/h2-13,26H,1H3,(H2,22,28). The minimum Gasteiger partial charge on any atom is -0.496 e. The minimum absolute atomic E-state index is 0.0377. The fourth-order valence-corrected chi connectivity index (χ4v) is 3.96. The van der Waals surface area contributed by atoms with Crippen molar-refractivity contribution in [2.75, 3.05) is 11.8 Å². The van der Waals surface area contributed by atoms with Gasteiger partial charge in [0, 0.05) is 24.1 Å². The second-order valence-electron chi connectivity index (χ2n) is 6.66. The Morgan fingerprint density at radius 3 is 2.45 bits per heavy atom. The summed E-state index contributed by atoms with van der Waals surface area (Å²) in [5.41, 5.74) is 5.56. The lowest BCUT2D eigenvalue weighted by molar-refractivity contribution is 0.0997. The molecule has 0 radical (unpaired) electrons. The summed E-state index contributed by atoms with van der Waals surface area (Å²) < 4.78 is 40.3. The lowest BCUT2D eigenvalue weighted by atomic mass is 10.2. The van der Waals surface area contributed by atoms with E-state index in [4.69, 9.17) is 15.2 Å². The summed E-state index contributed by atoms with van der Waals surface area (Å²) in [4.78, 5) is 15.4. The largest absolute Gasteiger partial charge is 0.496 e. The molecule has 0 saturated heterocycles. The highest BCUT2D eigenvalue weighted by Gasteiger charge is 2.19. The van der Waals surface area contributed by atoms with Crippen molar-refractivity contribution < 1.29 is 22.7 Å². The molecule has 3 N–H and O–H groups in total. The third kappa shape index (κ3) is 4.91. The Labute approximate surface area is 188 Å². The van der Waals surface area contributed by atoms with Gasteiger partial charge in [0.25, 0.3) is 15.9 Å². The Kier molecular flexibility index (Phi) is 5.91. The predicted octanol–water partition coefficient (Wildman–Crippen LogP) is 2.36. The highest BCUT2D eigenvalue weighted by atomic mass is 32.2. The van der Waals surface area contributed by atoms with E-state index >= 15 is 0 Å². The number of nitrogens with two attached hydrogens (primary N) is 1. The Balaban J connectivity index is 1.46. The van der Waals surface area contributed by atoms with E-state index in [2.05, 4.69) is 19.9 Å². The van der Waals surface area contributed by atoms with E-state index < -0.39 is 15.9 Å². The number of sulfonamides is 1. The molecule has 0 aliphatic rings. The van der Waals surface area contributed by atoms with Crippen molar-refractivity contribution in [1.82, 2.24) is 19.7 Å². The lowest BCUT2D eigenvalue weighted by Crippen LogP contribution is -2.16. The zero-order valence-corrected chi connectivity index (χ0v) is 18.1. The normalized spacial score (nSPS) is 11.1. The van der Waals surface area contributed by atoms with Gasteiger partial charge in [-0.05, 0) is 48.5 Å².